The van der Waals surface area contributed by atoms with Crippen molar-refractivity contribution in [3.63, 3.8) is 0 Å². The average Bonchev–Trinajstić information content (AvgIpc) is 2.28. The highest BCUT2D eigenvalue weighted by Gasteiger charge is 2.26. The van der Waals surface area contributed by atoms with Crippen molar-refractivity contribution in [1.29, 1.82) is 0 Å². The van der Waals surface area contributed by atoms with Crippen LogP contribution in [0.25, 0.3) is 0 Å². The number of nitrogens with one attached hydrogen (secondary N) is 4. The van der Waals surface area contributed by atoms with Crippen LogP contribution in [0.15, 0.2) is 0 Å². The molecule has 1 saturated heterocycles. The van der Waals surface area contributed by atoms with Gasteiger partial charge in [-0.3, -0.25) is 21.3 Å². The highest BCUT2D eigenvalue weighted by Crippen LogP contribution is 2.26. The second kappa shape index (κ2) is 6.08. The summed E-state index contributed by atoms with van der Waals surface area (Å²) >= 11 is 0. The Kier molecular flexibility index (Phi) is 4.72. The quantitative estimate of drug-likeness (QED) is 0.386. The molecule has 6 heteroatoms. The summed E-state index contributed by atoms with van der Waals surface area (Å²) in [5.74, 6) is 0.732. The van der Waals surface area contributed by atoms with Gasteiger partial charge in [0, 0.05) is 6.04 Å². The molecule has 2 fully saturated rings. The third kappa shape index (κ3) is 3.87. The van der Waals surface area contributed by atoms with Crippen molar-refractivity contribution in [2.45, 2.75) is 64.0 Å². The van der Waals surface area contributed by atoms with Crippen LogP contribution >= 0.6 is 0 Å². The minimum absolute atomic E-state index is 0.141. The molecular weight excluding hydrogens is 218 g/mol. The molecule has 0 aromatic heterocycles. The normalized spacial score (nSPS) is 37.9. The van der Waals surface area contributed by atoms with Gasteiger partial charge < -0.3 is 10.8 Å². The highest BCUT2D eigenvalue weighted by molar-refractivity contribution is 4.81. The van der Waals surface area contributed by atoms with Crippen LogP contribution in [-0.2, 0) is 0 Å². The van der Waals surface area contributed by atoms with Crippen LogP contribution in [0, 0.1) is 5.92 Å². The number of hydrogen-bond donors (Lipinski definition) is 6. The Morgan fingerprint density at radius 1 is 1.18 bits per heavy atom. The van der Waals surface area contributed by atoms with Gasteiger partial charge in [-0.05, 0) is 25.7 Å². The van der Waals surface area contributed by atoms with E-state index in [0.29, 0.717) is 6.04 Å². The van der Waals surface area contributed by atoms with E-state index in [-0.39, 0.29) is 12.6 Å². The van der Waals surface area contributed by atoms with Crippen molar-refractivity contribution in [2.75, 3.05) is 0 Å². The molecule has 2 rings (SSSR count). The zero-order valence-electron chi connectivity index (χ0n) is 10.4. The van der Waals surface area contributed by atoms with E-state index in [1.54, 1.807) is 0 Å². The SMILES string of the molecule is CC(NC1NC(N)NC(O)N1)C1CCCCC1. The van der Waals surface area contributed by atoms with Gasteiger partial charge >= 0.3 is 0 Å². The van der Waals surface area contributed by atoms with Gasteiger partial charge in [0.2, 0.25) is 0 Å². The Balaban J connectivity index is 1.78. The Morgan fingerprint density at radius 2 is 1.88 bits per heavy atom. The minimum Gasteiger partial charge on any atom is -0.365 e. The number of rotatable bonds is 3. The van der Waals surface area contributed by atoms with E-state index >= 15 is 0 Å². The monoisotopic (exact) mass is 243 g/mol. The maximum Gasteiger partial charge on any atom is 0.164 e. The zero-order chi connectivity index (χ0) is 12.3. The third-order valence-corrected chi connectivity index (χ3v) is 3.79. The van der Waals surface area contributed by atoms with Crippen LogP contribution in [0.2, 0.25) is 0 Å². The second-order valence-electron chi connectivity index (χ2n) is 5.17. The summed E-state index contributed by atoms with van der Waals surface area (Å²) in [4.78, 5) is 0. The maximum atomic E-state index is 9.49. The maximum absolute atomic E-state index is 9.49. The van der Waals surface area contributed by atoms with Crippen LogP contribution in [0.1, 0.15) is 39.0 Å². The van der Waals surface area contributed by atoms with Gasteiger partial charge in [-0.15, -0.1) is 0 Å². The first-order chi connectivity index (χ1) is 8.15. The van der Waals surface area contributed by atoms with Crippen LogP contribution in [0.3, 0.4) is 0 Å². The van der Waals surface area contributed by atoms with Gasteiger partial charge in [0.15, 0.2) is 6.35 Å². The fourth-order valence-corrected chi connectivity index (χ4v) is 2.78. The van der Waals surface area contributed by atoms with Crippen LogP contribution in [-0.4, -0.2) is 30.1 Å². The predicted octanol–water partition coefficient (Wildman–Crippen LogP) is -0.871. The first-order valence-electron chi connectivity index (χ1n) is 6.63. The summed E-state index contributed by atoms with van der Waals surface area (Å²) in [5, 5.41) is 21.7. The van der Waals surface area contributed by atoms with Crippen molar-refractivity contribution in [1.82, 2.24) is 21.3 Å². The number of aliphatic hydroxyl groups excluding tert-OH is 1. The third-order valence-electron chi connectivity index (χ3n) is 3.79. The van der Waals surface area contributed by atoms with Crippen molar-refractivity contribution >= 4 is 0 Å². The van der Waals surface area contributed by atoms with E-state index in [1.165, 1.54) is 32.1 Å². The molecule has 1 saturated carbocycles. The smallest absolute Gasteiger partial charge is 0.164 e. The van der Waals surface area contributed by atoms with Gasteiger partial charge in [0.1, 0.15) is 12.6 Å². The lowest BCUT2D eigenvalue weighted by Crippen LogP contribution is -2.74. The van der Waals surface area contributed by atoms with Gasteiger partial charge in [0.05, 0.1) is 0 Å². The molecule has 1 heterocycles. The Bertz CT molecular complexity index is 224. The molecule has 4 atom stereocenters. The Labute approximate surface area is 103 Å². The Hall–Kier alpha value is -0.240. The van der Waals surface area contributed by atoms with Crippen LogP contribution in [0.4, 0.5) is 0 Å². The van der Waals surface area contributed by atoms with Crippen LogP contribution in [0.5, 0.6) is 0 Å². The van der Waals surface area contributed by atoms with Crippen molar-refractivity contribution in [3.05, 3.63) is 0 Å². The predicted molar refractivity (Wildman–Crippen MR) is 66.4 cm³/mol. The molecule has 0 aromatic carbocycles. The molecular formula is C11H25N5O. The molecule has 2 aliphatic rings. The van der Waals surface area contributed by atoms with Gasteiger partial charge in [0.25, 0.3) is 0 Å². The first-order valence-corrected chi connectivity index (χ1v) is 6.63. The Morgan fingerprint density at radius 3 is 2.53 bits per heavy atom. The fraction of sp³-hybridized carbons (Fsp3) is 1.00. The summed E-state index contributed by atoms with van der Waals surface area (Å²) in [7, 11) is 0. The molecule has 0 radical (unpaired) electrons. The number of hydrogen-bond acceptors (Lipinski definition) is 6. The van der Waals surface area contributed by atoms with E-state index in [0.717, 1.165) is 5.92 Å². The summed E-state index contributed by atoms with van der Waals surface area (Å²) in [6, 6.07) is 0.429. The topological polar surface area (TPSA) is 94.4 Å². The lowest BCUT2D eigenvalue weighted by Gasteiger charge is -2.38. The van der Waals surface area contributed by atoms with Gasteiger partial charge in [-0.25, -0.2) is 0 Å². The van der Waals surface area contributed by atoms with Crippen LogP contribution < -0.4 is 27.0 Å². The minimum atomic E-state index is -0.762. The fourth-order valence-electron chi connectivity index (χ4n) is 2.78. The largest absolute Gasteiger partial charge is 0.365 e. The van der Waals surface area contributed by atoms with Gasteiger partial charge in [-0.1, -0.05) is 19.3 Å². The molecule has 7 N–H and O–H groups in total. The number of aliphatic hydroxyl groups is 1. The average molecular weight is 243 g/mol. The molecule has 4 unspecified atom stereocenters. The van der Waals surface area contributed by atoms with E-state index in [9.17, 15) is 5.11 Å². The molecule has 0 aromatic rings. The highest BCUT2D eigenvalue weighted by atomic mass is 16.3. The van der Waals surface area contributed by atoms with E-state index in [1.807, 2.05) is 0 Å². The molecule has 0 bridgehead atoms. The number of nitrogens with two attached hydrogens (primary N) is 1. The summed E-state index contributed by atoms with van der Waals surface area (Å²) < 4.78 is 0. The lowest BCUT2D eigenvalue weighted by molar-refractivity contribution is 0.0154. The zero-order valence-corrected chi connectivity index (χ0v) is 10.4. The summed E-state index contributed by atoms with van der Waals surface area (Å²) in [5.41, 5.74) is 5.71. The molecule has 17 heavy (non-hydrogen) atoms. The molecule has 0 spiro atoms. The van der Waals surface area contributed by atoms with Gasteiger partial charge in [-0.2, -0.15) is 0 Å². The second-order valence-corrected chi connectivity index (χ2v) is 5.17. The van der Waals surface area contributed by atoms with E-state index < -0.39 is 6.35 Å². The molecule has 6 nitrogen and oxygen atoms in total. The summed E-state index contributed by atoms with van der Waals surface area (Å²) in [6.07, 6.45) is 5.36. The lowest BCUT2D eigenvalue weighted by atomic mass is 9.84. The standard InChI is InChI=1S/C11H25N5O/c1-7(8-5-3-2-4-6-8)13-10-14-9(12)15-11(17)16-10/h7-11,13-17H,2-6,12H2,1H3. The van der Waals surface area contributed by atoms with E-state index in [2.05, 4.69) is 28.2 Å². The van der Waals surface area contributed by atoms with Crippen molar-refractivity contribution in [3.8, 4) is 0 Å². The molecule has 0 amide bonds. The first kappa shape index (κ1) is 13.2. The van der Waals surface area contributed by atoms with Crippen molar-refractivity contribution in [2.24, 2.45) is 11.7 Å². The summed E-state index contributed by atoms with van der Waals surface area (Å²) in [6.45, 7) is 2.21. The molecule has 1 aliphatic heterocycles. The van der Waals surface area contributed by atoms with Crippen molar-refractivity contribution < 1.29 is 5.11 Å². The molecule has 1 aliphatic carbocycles. The molecule has 100 valence electrons. The van der Waals surface area contributed by atoms with E-state index in [4.69, 9.17) is 5.73 Å².